The van der Waals surface area contributed by atoms with Crippen LogP contribution in [0.1, 0.15) is 24.8 Å². The first-order valence-corrected chi connectivity index (χ1v) is 9.36. The number of amides is 3. The summed E-state index contributed by atoms with van der Waals surface area (Å²) in [6.45, 7) is 1.68. The number of rotatable bonds is 7. The highest BCUT2D eigenvalue weighted by Crippen LogP contribution is 2.16. The molecule has 1 aromatic rings. The predicted octanol–water partition coefficient (Wildman–Crippen LogP) is 2.36. The molecule has 1 heterocycles. The number of urea groups is 1. The van der Waals surface area contributed by atoms with Crippen molar-refractivity contribution in [2.24, 2.45) is 11.7 Å². The fourth-order valence-corrected chi connectivity index (χ4v) is 3.61. The van der Waals surface area contributed by atoms with Crippen LogP contribution >= 0.6 is 11.8 Å². The number of carbonyl (C=O) groups is 2. The van der Waals surface area contributed by atoms with Crippen LogP contribution in [0.25, 0.3) is 0 Å². The maximum atomic E-state index is 12.8. The van der Waals surface area contributed by atoms with E-state index >= 15 is 0 Å². The molecule has 0 aliphatic carbocycles. The van der Waals surface area contributed by atoms with Crippen molar-refractivity contribution in [2.75, 3.05) is 25.4 Å². The van der Waals surface area contributed by atoms with Gasteiger partial charge in [-0.3, -0.25) is 4.79 Å². The van der Waals surface area contributed by atoms with E-state index in [-0.39, 0.29) is 17.6 Å². The van der Waals surface area contributed by atoms with Gasteiger partial charge in [0.2, 0.25) is 5.91 Å². The zero-order valence-electron chi connectivity index (χ0n) is 13.7. The normalized spacial score (nSPS) is 17.5. The molecule has 1 aliphatic heterocycles. The lowest BCUT2D eigenvalue weighted by Crippen LogP contribution is -2.47. The van der Waals surface area contributed by atoms with Crippen molar-refractivity contribution in [2.45, 2.75) is 25.0 Å². The third-order valence-electron chi connectivity index (χ3n) is 4.05. The second-order valence-corrected chi connectivity index (χ2v) is 7.05. The van der Waals surface area contributed by atoms with Crippen LogP contribution in [0.5, 0.6) is 0 Å². The van der Waals surface area contributed by atoms with E-state index in [1.807, 2.05) is 0 Å². The van der Waals surface area contributed by atoms with Crippen LogP contribution < -0.4 is 11.1 Å². The molecule has 3 N–H and O–H groups in total. The van der Waals surface area contributed by atoms with E-state index in [1.165, 1.54) is 17.0 Å². The highest BCUT2D eigenvalue weighted by molar-refractivity contribution is 7.98. The Balaban J connectivity index is 1.57. The van der Waals surface area contributed by atoms with E-state index in [1.54, 1.807) is 23.9 Å². The Labute approximate surface area is 146 Å². The number of carbonyl (C=O) groups excluding carboxylic acids is 2. The van der Waals surface area contributed by atoms with Crippen molar-refractivity contribution >= 4 is 23.7 Å². The number of likely N-dealkylation sites (tertiary alicyclic amines) is 1. The van der Waals surface area contributed by atoms with E-state index < -0.39 is 6.03 Å². The zero-order chi connectivity index (χ0) is 17.4. The molecule has 3 amide bonds. The summed E-state index contributed by atoms with van der Waals surface area (Å²) in [6.07, 6.45) is 2.49. The second-order valence-electron chi connectivity index (χ2n) is 5.95. The first-order valence-electron chi connectivity index (χ1n) is 8.20. The minimum atomic E-state index is -0.454. The Hall–Kier alpha value is -1.76. The average Bonchev–Trinajstić information content (AvgIpc) is 2.59. The van der Waals surface area contributed by atoms with Gasteiger partial charge in [0.25, 0.3) is 0 Å². The fourth-order valence-electron chi connectivity index (χ4n) is 2.69. The van der Waals surface area contributed by atoms with Gasteiger partial charge in [-0.25, -0.2) is 9.18 Å². The van der Waals surface area contributed by atoms with Gasteiger partial charge in [-0.1, -0.05) is 12.1 Å². The van der Waals surface area contributed by atoms with Gasteiger partial charge in [0.1, 0.15) is 5.82 Å². The van der Waals surface area contributed by atoms with Gasteiger partial charge in [-0.05, 0) is 42.7 Å². The lowest BCUT2D eigenvalue weighted by atomic mass is 9.97. The minimum absolute atomic E-state index is 0.00415. The molecule has 1 saturated heterocycles. The highest BCUT2D eigenvalue weighted by Gasteiger charge is 2.26. The molecule has 1 aromatic carbocycles. The van der Waals surface area contributed by atoms with Crippen molar-refractivity contribution in [3.8, 4) is 0 Å². The van der Waals surface area contributed by atoms with E-state index in [9.17, 15) is 14.0 Å². The summed E-state index contributed by atoms with van der Waals surface area (Å²) in [5, 5.41) is 2.94. The number of hydrogen-bond acceptors (Lipinski definition) is 3. The van der Waals surface area contributed by atoms with Crippen LogP contribution in [0.2, 0.25) is 0 Å². The number of benzene rings is 1. The highest BCUT2D eigenvalue weighted by atomic mass is 32.2. The molecule has 24 heavy (non-hydrogen) atoms. The third-order valence-corrected chi connectivity index (χ3v) is 5.17. The largest absolute Gasteiger partial charge is 0.356 e. The zero-order valence-corrected chi connectivity index (χ0v) is 14.5. The molecule has 132 valence electrons. The van der Waals surface area contributed by atoms with Gasteiger partial charge in [-0.2, -0.15) is 11.8 Å². The summed E-state index contributed by atoms with van der Waals surface area (Å²) in [6, 6.07) is 6.06. The summed E-state index contributed by atoms with van der Waals surface area (Å²) < 4.78 is 12.8. The van der Waals surface area contributed by atoms with Crippen LogP contribution in [-0.4, -0.2) is 42.2 Å². The SMILES string of the molecule is NC(=O)N1CCC[C@H](C(=O)NCCCSCc2ccc(F)cc2)C1. The van der Waals surface area contributed by atoms with Gasteiger partial charge in [0.15, 0.2) is 0 Å². The number of nitrogens with zero attached hydrogens (tertiary/aromatic N) is 1. The first-order chi connectivity index (χ1) is 11.6. The van der Waals surface area contributed by atoms with Crippen LogP contribution in [0.4, 0.5) is 9.18 Å². The fraction of sp³-hybridized carbons (Fsp3) is 0.529. The van der Waals surface area contributed by atoms with Crippen LogP contribution in [0.15, 0.2) is 24.3 Å². The van der Waals surface area contributed by atoms with Crippen molar-refractivity contribution in [1.29, 1.82) is 0 Å². The standard InChI is InChI=1S/C17H24FN3O2S/c18-15-6-4-13(5-7-15)12-24-10-2-8-20-16(22)14-3-1-9-21(11-14)17(19)23/h4-7,14H,1-3,8-12H2,(H2,19,23)(H,20,22)/t14-/m0/s1. The molecule has 0 unspecified atom stereocenters. The van der Waals surface area contributed by atoms with E-state index in [2.05, 4.69) is 5.32 Å². The van der Waals surface area contributed by atoms with Gasteiger partial charge in [0.05, 0.1) is 5.92 Å². The van der Waals surface area contributed by atoms with Gasteiger partial charge < -0.3 is 16.0 Å². The predicted molar refractivity (Wildman–Crippen MR) is 94.1 cm³/mol. The Morgan fingerprint density at radius 3 is 2.79 bits per heavy atom. The summed E-state index contributed by atoms with van der Waals surface area (Å²) >= 11 is 1.76. The quantitative estimate of drug-likeness (QED) is 0.739. The molecule has 0 bridgehead atoms. The van der Waals surface area contributed by atoms with E-state index in [0.717, 1.165) is 36.3 Å². The number of piperidine rings is 1. The molecule has 0 aromatic heterocycles. The summed E-state index contributed by atoms with van der Waals surface area (Å²) in [5.74, 6) is 1.40. The van der Waals surface area contributed by atoms with Gasteiger partial charge >= 0.3 is 6.03 Å². The monoisotopic (exact) mass is 353 g/mol. The summed E-state index contributed by atoms with van der Waals surface area (Å²) in [4.78, 5) is 24.8. The van der Waals surface area contributed by atoms with Crippen molar-refractivity contribution in [3.05, 3.63) is 35.6 Å². The van der Waals surface area contributed by atoms with Crippen LogP contribution in [0, 0.1) is 11.7 Å². The average molecular weight is 353 g/mol. The molecule has 1 atom stereocenters. The Kier molecular flexibility index (Phi) is 7.36. The van der Waals surface area contributed by atoms with Gasteiger partial charge in [0, 0.05) is 25.4 Å². The number of hydrogen-bond donors (Lipinski definition) is 2. The third kappa shape index (κ3) is 6.03. The maximum Gasteiger partial charge on any atom is 0.314 e. The van der Waals surface area contributed by atoms with Crippen molar-refractivity contribution in [3.63, 3.8) is 0 Å². The summed E-state index contributed by atoms with van der Waals surface area (Å²) in [7, 11) is 0. The molecule has 5 nitrogen and oxygen atoms in total. The number of thioether (sulfide) groups is 1. The van der Waals surface area contributed by atoms with E-state index in [0.29, 0.717) is 19.6 Å². The van der Waals surface area contributed by atoms with Crippen LogP contribution in [-0.2, 0) is 10.5 Å². The first kappa shape index (κ1) is 18.6. The lowest BCUT2D eigenvalue weighted by molar-refractivity contribution is -0.126. The number of primary amides is 1. The maximum absolute atomic E-state index is 12.8. The Bertz CT molecular complexity index is 553. The molecule has 0 radical (unpaired) electrons. The molecule has 1 aliphatic rings. The van der Waals surface area contributed by atoms with Crippen LogP contribution in [0.3, 0.4) is 0 Å². The molecular weight excluding hydrogens is 329 g/mol. The molecular formula is C17H24FN3O2S. The van der Waals surface area contributed by atoms with E-state index in [4.69, 9.17) is 5.73 Å². The molecule has 2 rings (SSSR count). The topological polar surface area (TPSA) is 75.4 Å². The summed E-state index contributed by atoms with van der Waals surface area (Å²) in [5.41, 5.74) is 6.37. The van der Waals surface area contributed by atoms with Crippen molar-refractivity contribution < 1.29 is 14.0 Å². The molecule has 0 spiro atoms. The number of halogens is 1. The number of nitrogens with one attached hydrogen (secondary N) is 1. The van der Waals surface area contributed by atoms with Gasteiger partial charge in [-0.15, -0.1) is 0 Å². The molecule has 7 heteroatoms. The Morgan fingerprint density at radius 1 is 1.33 bits per heavy atom. The molecule has 0 saturated carbocycles. The smallest absolute Gasteiger partial charge is 0.314 e. The second kappa shape index (κ2) is 9.52. The minimum Gasteiger partial charge on any atom is -0.356 e. The van der Waals surface area contributed by atoms with Crippen molar-refractivity contribution in [1.82, 2.24) is 10.2 Å². The molecule has 1 fully saturated rings. The lowest BCUT2D eigenvalue weighted by Gasteiger charge is -2.30. The Morgan fingerprint density at radius 2 is 2.08 bits per heavy atom. The number of nitrogens with two attached hydrogens (primary N) is 1.